The Bertz CT molecular complexity index is 1860. The molecule has 5 nitrogen and oxygen atoms in total. The summed E-state index contributed by atoms with van der Waals surface area (Å²) in [6.45, 7) is 0. The van der Waals surface area contributed by atoms with Gasteiger partial charge in [0.2, 0.25) is 5.28 Å². The molecule has 0 bridgehead atoms. The lowest BCUT2D eigenvalue weighted by Crippen LogP contribution is -2.00. The van der Waals surface area contributed by atoms with E-state index in [2.05, 4.69) is 22.1 Å². The van der Waals surface area contributed by atoms with Crippen molar-refractivity contribution in [3.63, 3.8) is 0 Å². The van der Waals surface area contributed by atoms with Gasteiger partial charge in [-0.3, -0.25) is 0 Å². The minimum atomic E-state index is 0.237. The second-order valence-electron chi connectivity index (χ2n) is 8.74. The van der Waals surface area contributed by atoms with Crippen LogP contribution in [0.5, 0.6) is 0 Å². The maximum absolute atomic E-state index is 6.34. The van der Waals surface area contributed by atoms with Gasteiger partial charge in [-0.15, -0.1) is 11.3 Å². The number of rotatable bonds is 4. The third-order valence-corrected chi connectivity index (χ3v) is 7.56. The van der Waals surface area contributed by atoms with Crippen molar-refractivity contribution in [1.82, 2.24) is 24.9 Å². The fourth-order valence-corrected chi connectivity index (χ4v) is 5.82. The van der Waals surface area contributed by atoms with Crippen molar-refractivity contribution in [2.45, 2.75) is 0 Å². The number of nitrogens with zero attached hydrogens (tertiary/aromatic N) is 5. The van der Waals surface area contributed by atoms with Crippen LogP contribution in [0.15, 0.2) is 109 Å². The quantitative estimate of drug-likeness (QED) is 0.215. The molecule has 4 aromatic carbocycles. The van der Waals surface area contributed by atoms with Crippen molar-refractivity contribution in [2.75, 3.05) is 0 Å². The Kier molecular flexibility index (Phi) is 5.61. The summed E-state index contributed by atoms with van der Waals surface area (Å²) < 4.78 is 1.16. The van der Waals surface area contributed by atoms with Crippen molar-refractivity contribution >= 4 is 43.2 Å². The molecule has 0 saturated heterocycles. The maximum atomic E-state index is 6.34. The lowest BCUT2D eigenvalue weighted by Gasteiger charge is -2.09. The summed E-state index contributed by atoms with van der Waals surface area (Å²) in [5.74, 6) is 1.87. The number of aromatic nitrogens is 5. The van der Waals surface area contributed by atoms with E-state index in [0.29, 0.717) is 17.5 Å². The van der Waals surface area contributed by atoms with Crippen molar-refractivity contribution in [1.29, 1.82) is 0 Å². The Labute approximate surface area is 227 Å². The molecule has 0 radical (unpaired) electrons. The summed E-state index contributed by atoms with van der Waals surface area (Å²) in [6.07, 6.45) is 0. The molecule has 0 fully saturated rings. The van der Waals surface area contributed by atoms with E-state index in [9.17, 15) is 0 Å². The van der Waals surface area contributed by atoms with Crippen LogP contribution in [0.1, 0.15) is 0 Å². The molecule has 0 aliphatic rings. The summed E-state index contributed by atoms with van der Waals surface area (Å²) >= 11 is 7.96. The topological polar surface area (TPSA) is 64.5 Å². The molecule has 0 amide bonds. The number of benzene rings is 4. The van der Waals surface area contributed by atoms with Crippen LogP contribution in [0, 0.1) is 0 Å². The predicted octanol–water partition coefficient (Wildman–Crippen LogP) is 8.35. The van der Waals surface area contributed by atoms with Gasteiger partial charge in [0, 0.05) is 37.7 Å². The average molecular weight is 528 g/mol. The molecule has 0 N–H and O–H groups in total. The van der Waals surface area contributed by atoms with Crippen molar-refractivity contribution in [2.24, 2.45) is 0 Å². The molecule has 3 aromatic heterocycles. The number of hydrogen-bond acceptors (Lipinski definition) is 6. The fourth-order valence-electron chi connectivity index (χ4n) is 4.52. The fraction of sp³-hybridized carbons (Fsp3) is 0. The molecular weight excluding hydrogens is 510 g/mol. The minimum Gasteiger partial charge on any atom is -0.217 e. The normalized spacial score (nSPS) is 11.3. The molecule has 0 spiro atoms. The van der Waals surface area contributed by atoms with Gasteiger partial charge in [0.1, 0.15) is 4.83 Å². The first-order valence-electron chi connectivity index (χ1n) is 12.1. The predicted molar refractivity (Wildman–Crippen MR) is 155 cm³/mol. The van der Waals surface area contributed by atoms with E-state index in [4.69, 9.17) is 26.6 Å². The number of fused-ring (bicyclic) bond motifs is 3. The van der Waals surface area contributed by atoms with E-state index >= 15 is 0 Å². The van der Waals surface area contributed by atoms with Gasteiger partial charge < -0.3 is 0 Å². The van der Waals surface area contributed by atoms with Gasteiger partial charge in [0.25, 0.3) is 0 Å². The largest absolute Gasteiger partial charge is 0.224 e. The third-order valence-electron chi connectivity index (χ3n) is 6.33. The first kappa shape index (κ1) is 22.7. The van der Waals surface area contributed by atoms with Crippen LogP contribution in [0.25, 0.3) is 65.7 Å². The maximum Gasteiger partial charge on any atom is 0.224 e. The Balaban J connectivity index is 1.36. The SMILES string of the molecule is Clc1nc(-c2ccc(-c3nc(-c4ccccc4)nc(-c4ccccc4)n3)cc2)c2c(n1)sc1ccccc12. The van der Waals surface area contributed by atoms with Gasteiger partial charge in [-0.05, 0) is 17.7 Å². The molecule has 7 aromatic rings. The van der Waals surface area contributed by atoms with Crippen LogP contribution in [0.3, 0.4) is 0 Å². The first-order valence-corrected chi connectivity index (χ1v) is 13.2. The van der Waals surface area contributed by atoms with Crippen LogP contribution in [-0.4, -0.2) is 24.9 Å². The highest BCUT2D eigenvalue weighted by atomic mass is 35.5. The van der Waals surface area contributed by atoms with E-state index in [1.807, 2.05) is 97.1 Å². The standard InChI is InChI=1S/C31H18ClN5S/c32-31-33-26(25-23-13-7-8-14-24(23)38-30(25)37-31)19-15-17-22(18-16-19)29-35-27(20-9-3-1-4-10-20)34-28(36-29)21-11-5-2-6-12-21/h1-18H. The first-order chi connectivity index (χ1) is 18.7. The van der Waals surface area contributed by atoms with Gasteiger partial charge in [0.15, 0.2) is 17.5 Å². The van der Waals surface area contributed by atoms with Crippen LogP contribution >= 0.6 is 22.9 Å². The highest BCUT2D eigenvalue weighted by molar-refractivity contribution is 7.25. The summed E-state index contributed by atoms with van der Waals surface area (Å²) in [6, 6.07) is 36.3. The molecule has 38 heavy (non-hydrogen) atoms. The van der Waals surface area contributed by atoms with E-state index in [-0.39, 0.29) is 5.28 Å². The van der Waals surface area contributed by atoms with Crippen molar-refractivity contribution in [3.05, 3.63) is 114 Å². The Hall–Kier alpha value is -4.52. The number of hydrogen-bond donors (Lipinski definition) is 0. The molecule has 0 atom stereocenters. The van der Waals surface area contributed by atoms with Gasteiger partial charge in [-0.25, -0.2) is 24.9 Å². The van der Waals surface area contributed by atoms with E-state index in [0.717, 1.165) is 48.3 Å². The van der Waals surface area contributed by atoms with Gasteiger partial charge >= 0.3 is 0 Å². The average Bonchev–Trinajstić information content (AvgIpc) is 3.36. The van der Waals surface area contributed by atoms with Crippen LogP contribution in [-0.2, 0) is 0 Å². The molecule has 7 heteroatoms. The molecule has 0 saturated carbocycles. The lowest BCUT2D eigenvalue weighted by molar-refractivity contribution is 1.07. The molecule has 3 heterocycles. The zero-order valence-corrected chi connectivity index (χ0v) is 21.5. The summed E-state index contributed by atoms with van der Waals surface area (Å²) in [7, 11) is 0. The van der Waals surface area contributed by atoms with E-state index in [1.165, 1.54) is 0 Å². The molecule has 0 unspecified atom stereocenters. The second kappa shape index (κ2) is 9.41. The van der Waals surface area contributed by atoms with Gasteiger partial charge in [-0.2, -0.15) is 0 Å². The van der Waals surface area contributed by atoms with Crippen LogP contribution in [0.4, 0.5) is 0 Å². The molecular formula is C31H18ClN5S. The highest BCUT2D eigenvalue weighted by Crippen LogP contribution is 2.39. The smallest absolute Gasteiger partial charge is 0.217 e. The zero-order valence-electron chi connectivity index (χ0n) is 19.9. The van der Waals surface area contributed by atoms with E-state index < -0.39 is 0 Å². The third kappa shape index (κ3) is 4.10. The molecule has 7 rings (SSSR count). The number of halogens is 1. The minimum absolute atomic E-state index is 0.237. The number of thiophene rings is 1. The van der Waals surface area contributed by atoms with Gasteiger partial charge in [0.05, 0.1) is 5.69 Å². The highest BCUT2D eigenvalue weighted by Gasteiger charge is 2.16. The van der Waals surface area contributed by atoms with Crippen LogP contribution in [0.2, 0.25) is 5.28 Å². The Morgan fingerprint density at radius 2 is 0.974 bits per heavy atom. The lowest BCUT2D eigenvalue weighted by atomic mass is 10.0. The molecule has 0 aliphatic heterocycles. The summed E-state index contributed by atoms with van der Waals surface area (Å²) in [4.78, 5) is 24.4. The monoisotopic (exact) mass is 527 g/mol. The van der Waals surface area contributed by atoms with Crippen molar-refractivity contribution in [3.8, 4) is 45.4 Å². The Morgan fingerprint density at radius 1 is 0.474 bits per heavy atom. The summed E-state index contributed by atoms with van der Waals surface area (Å²) in [5, 5.41) is 2.38. The second-order valence-corrected chi connectivity index (χ2v) is 10.1. The van der Waals surface area contributed by atoms with Crippen LogP contribution < -0.4 is 0 Å². The molecule has 180 valence electrons. The summed E-state index contributed by atoms with van der Waals surface area (Å²) in [5.41, 5.74) is 4.53. The van der Waals surface area contributed by atoms with Crippen molar-refractivity contribution < 1.29 is 0 Å². The Morgan fingerprint density at radius 3 is 1.58 bits per heavy atom. The zero-order chi connectivity index (χ0) is 25.5. The molecule has 0 aliphatic carbocycles. The van der Waals surface area contributed by atoms with Gasteiger partial charge in [-0.1, -0.05) is 103 Å². The van der Waals surface area contributed by atoms with E-state index in [1.54, 1.807) is 11.3 Å².